The zero-order chi connectivity index (χ0) is 14.5. The smallest absolute Gasteiger partial charge is 0.272 e. The highest BCUT2D eigenvalue weighted by Crippen LogP contribution is 2.13. The first-order valence-electron chi connectivity index (χ1n) is 6.91. The van der Waals surface area contributed by atoms with Gasteiger partial charge < -0.3 is 10.0 Å². The number of hydrogen-bond donors (Lipinski definition) is 1. The number of rotatable bonds is 4. The van der Waals surface area contributed by atoms with E-state index in [0.29, 0.717) is 18.8 Å². The molecule has 1 atom stereocenters. The first-order valence-corrected chi connectivity index (χ1v) is 7.70. The molecule has 6 heteroatoms. The van der Waals surface area contributed by atoms with Gasteiger partial charge in [-0.25, -0.2) is 4.98 Å². The topological polar surface area (TPSA) is 56.7 Å². The molecule has 1 aromatic rings. The fraction of sp³-hybridized carbons (Fsp3) is 0.571. The van der Waals surface area contributed by atoms with Crippen LogP contribution in [0.1, 0.15) is 23.8 Å². The Morgan fingerprint density at radius 2 is 2.10 bits per heavy atom. The van der Waals surface area contributed by atoms with Crippen molar-refractivity contribution in [3.8, 4) is 0 Å². The quantitative estimate of drug-likeness (QED) is 0.898. The maximum Gasteiger partial charge on any atom is 0.272 e. The van der Waals surface area contributed by atoms with Gasteiger partial charge in [-0.15, -0.1) is 0 Å². The minimum absolute atomic E-state index is 0.0193. The van der Waals surface area contributed by atoms with E-state index in [-0.39, 0.29) is 18.6 Å². The molecule has 1 unspecified atom stereocenters. The molecule has 0 aliphatic carbocycles. The normalized spacial score (nSPS) is 18.1. The number of halogens is 1. The third-order valence-electron chi connectivity index (χ3n) is 3.75. The summed E-state index contributed by atoms with van der Waals surface area (Å²) in [6.07, 6.45) is 2.57. The molecule has 2 rings (SSSR count). The van der Waals surface area contributed by atoms with Gasteiger partial charge in [-0.3, -0.25) is 9.69 Å². The van der Waals surface area contributed by atoms with E-state index in [1.807, 2.05) is 11.0 Å². The van der Waals surface area contributed by atoms with Crippen LogP contribution in [0.2, 0.25) is 0 Å². The monoisotopic (exact) mass is 341 g/mol. The van der Waals surface area contributed by atoms with E-state index in [9.17, 15) is 9.90 Å². The number of hydrogen-bond acceptors (Lipinski definition) is 4. The molecular formula is C14H20BrN3O2. The molecule has 1 saturated heterocycles. The molecule has 0 aromatic carbocycles. The lowest BCUT2D eigenvalue weighted by Crippen LogP contribution is -2.52. The molecule has 20 heavy (non-hydrogen) atoms. The Morgan fingerprint density at radius 1 is 1.40 bits per heavy atom. The van der Waals surface area contributed by atoms with Crippen molar-refractivity contribution in [1.82, 2.24) is 14.8 Å². The number of aliphatic hydroxyl groups is 1. The highest BCUT2D eigenvalue weighted by atomic mass is 79.9. The number of piperazine rings is 1. The second-order valence-corrected chi connectivity index (χ2v) is 5.85. The van der Waals surface area contributed by atoms with Crippen LogP contribution in [0.15, 0.2) is 22.8 Å². The minimum atomic E-state index is -0.0193. The Balaban J connectivity index is 1.93. The van der Waals surface area contributed by atoms with Gasteiger partial charge in [0.1, 0.15) is 5.69 Å². The van der Waals surface area contributed by atoms with E-state index >= 15 is 0 Å². The Bertz CT molecular complexity index is 440. The van der Waals surface area contributed by atoms with Crippen molar-refractivity contribution < 1.29 is 9.90 Å². The van der Waals surface area contributed by atoms with Crippen molar-refractivity contribution in [2.75, 3.05) is 32.8 Å². The molecule has 2 heterocycles. The van der Waals surface area contributed by atoms with Gasteiger partial charge in [0.05, 0.1) is 6.61 Å². The van der Waals surface area contributed by atoms with Crippen LogP contribution in [0.25, 0.3) is 0 Å². The Hall–Kier alpha value is -0.980. The molecule has 0 bridgehead atoms. The fourth-order valence-electron chi connectivity index (χ4n) is 2.46. The number of carbonyl (C=O) groups is 1. The summed E-state index contributed by atoms with van der Waals surface area (Å²) >= 11 is 3.31. The fourth-order valence-corrected chi connectivity index (χ4v) is 2.69. The SMILES string of the molecule is CCC(CO)N1CCN(C(=O)c2ccc(Br)cn2)CC1. The lowest BCUT2D eigenvalue weighted by Gasteiger charge is -2.38. The number of nitrogens with zero attached hydrogens (tertiary/aromatic N) is 3. The largest absolute Gasteiger partial charge is 0.395 e. The van der Waals surface area contributed by atoms with E-state index in [4.69, 9.17) is 0 Å². The van der Waals surface area contributed by atoms with Crippen molar-refractivity contribution >= 4 is 21.8 Å². The zero-order valence-corrected chi connectivity index (χ0v) is 13.2. The molecule has 1 aromatic heterocycles. The average molecular weight is 342 g/mol. The summed E-state index contributed by atoms with van der Waals surface area (Å²) in [5.41, 5.74) is 0.482. The number of amides is 1. The predicted octanol–water partition coefficient (Wildman–Crippen LogP) is 1.37. The molecule has 1 N–H and O–H groups in total. The number of aliphatic hydroxyl groups excluding tert-OH is 1. The summed E-state index contributed by atoms with van der Waals surface area (Å²) in [5.74, 6) is -0.0193. The molecule has 5 nitrogen and oxygen atoms in total. The van der Waals surface area contributed by atoms with Crippen LogP contribution < -0.4 is 0 Å². The standard InChI is InChI=1S/C14H20BrN3O2/c1-2-12(10-19)17-5-7-18(8-6-17)14(20)13-4-3-11(15)9-16-13/h3-4,9,12,19H,2,5-8,10H2,1H3. The van der Waals surface area contributed by atoms with Crippen LogP contribution in [0.5, 0.6) is 0 Å². The number of aromatic nitrogens is 1. The molecule has 0 saturated carbocycles. The first-order chi connectivity index (χ1) is 9.65. The Labute approximate surface area is 127 Å². The van der Waals surface area contributed by atoms with Crippen LogP contribution in [-0.2, 0) is 0 Å². The summed E-state index contributed by atoms with van der Waals surface area (Å²) < 4.78 is 0.868. The maximum absolute atomic E-state index is 12.3. The summed E-state index contributed by atoms with van der Waals surface area (Å²) in [6.45, 7) is 5.24. The Kier molecular flexibility index (Phi) is 5.51. The second-order valence-electron chi connectivity index (χ2n) is 4.93. The van der Waals surface area contributed by atoms with Gasteiger partial charge in [-0.05, 0) is 34.5 Å². The third-order valence-corrected chi connectivity index (χ3v) is 4.22. The maximum atomic E-state index is 12.3. The molecule has 1 amide bonds. The van der Waals surface area contributed by atoms with Gasteiger partial charge in [0.2, 0.25) is 0 Å². The van der Waals surface area contributed by atoms with Gasteiger partial charge in [0.15, 0.2) is 0 Å². The minimum Gasteiger partial charge on any atom is -0.395 e. The zero-order valence-electron chi connectivity index (χ0n) is 11.6. The number of pyridine rings is 1. The third kappa shape index (κ3) is 3.56. The van der Waals surface area contributed by atoms with Crippen molar-refractivity contribution in [2.45, 2.75) is 19.4 Å². The van der Waals surface area contributed by atoms with Crippen LogP contribution in [-0.4, -0.2) is 64.6 Å². The molecule has 0 radical (unpaired) electrons. The van der Waals surface area contributed by atoms with Gasteiger partial charge in [0.25, 0.3) is 5.91 Å². The summed E-state index contributed by atoms with van der Waals surface area (Å²) in [4.78, 5) is 20.5. The summed E-state index contributed by atoms with van der Waals surface area (Å²) in [6, 6.07) is 3.77. The van der Waals surface area contributed by atoms with Crippen LogP contribution in [0, 0.1) is 0 Å². The molecule has 1 aliphatic heterocycles. The van der Waals surface area contributed by atoms with Gasteiger partial charge in [-0.2, -0.15) is 0 Å². The van der Waals surface area contributed by atoms with Crippen LogP contribution in [0.3, 0.4) is 0 Å². The van der Waals surface area contributed by atoms with E-state index in [0.717, 1.165) is 24.0 Å². The molecule has 1 aliphatic rings. The van der Waals surface area contributed by atoms with Gasteiger partial charge >= 0.3 is 0 Å². The first kappa shape index (κ1) is 15.4. The highest BCUT2D eigenvalue weighted by Gasteiger charge is 2.25. The molecule has 0 spiro atoms. The van der Waals surface area contributed by atoms with Crippen molar-refractivity contribution in [3.05, 3.63) is 28.5 Å². The summed E-state index contributed by atoms with van der Waals surface area (Å²) in [7, 11) is 0. The average Bonchev–Trinajstić information content (AvgIpc) is 2.49. The number of carbonyl (C=O) groups excluding carboxylic acids is 1. The lowest BCUT2D eigenvalue weighted by atomic mass is 10.1. The molecular weight excluding hydrogens is 322 g/mol. The predicted molar refractivity (Wildman–Crippen MR) is 80.6 cm³/mol. The van der Waals surface area contributed by atoms with Crippen LogP contribution in [0.4, 0.5) is 0 Å². The summed E-state index contributed by atoms with van der Waals surface area (Å²) in [5, 5.41) is 9.32. The van der Waals surface area contributed by atoms with Crippen molar-refractivity contribution in [2.24, 2.45) is 0 Å². The van der Waals surface area contributed by atoms with E-state index in [1.54, 1.807) is 12.3 Å². The van der Waals surface area contributed by atoms with Gasteiger partial charge in [0, 0.05) is 42.9 Å². The Morgan fingerprint density at radius 3 is 2.60 bits per heavy atom. The molecule has 1 fully saturated rings. The highest BCUT2D eigenvalue weighted by molar-refractivity contribution is 9.10. The van der Waals surface area contributed by atoms with E-state index in [1.165, 1.54) is 0 Å². The molecule has 110 valence electrons. The van der Waals surface area contributed by atoms with E-state index in [2.05, 4.69) is 32.7 Å². The van der Waals surface area contributed by atoms with Crippen molar-refractivity contribution in [3.63, 3.8) is 0 Å². The second kappa shape index (κ2) is 7.15. The lowest BCUT2D eigenvalue weighted by molar-refractivity contribution is 0.0468. The van der Waals surface area contributed by atoms with Crippen molar-refractivity contribution in [1.29, 1.82) is 0 Å². The van der Waals surface area contributed by atoms with Gasteiger partial charge in [-0.1, -0.05) is 6.92 Å². The van der Waals surface area contributed by atoms with E-state index < -0.39 is 0 Å². The van der Waals surface area contributed by atoms with Crippen LogP contribution >= 0.6 is 15.9 Å².